The van der Waals surface area contributed by atoms with Gasteiger partial charge in [-0.25, -0.2) is 0 Å². The lowest BCUT2D eigenvalue weighted by Crippen LogP contribution is -2.35. The summed E-state index contributed by atoms with van der Waals surface area (Å²) in [7, 11) is 0. The number of benzene rings is 1. The molecular weight excluding hydrogens is 188 g/mol. The second kappa shape index (κ2) is 4.28. The van der Waals surface area contributed by atoms with Crippen molar-refractivity contribution in [3.8, 4) is 0 Å². The summed E-state index contributed by atoms with van der Waals surface area (Å²) in [6.07, 6.45) is 5.07. The highest BCUT2D eigenvalue weighted by Gasteiger charge is 2.18. The Labute approximate surface area is 89.2 Å². The van der Waals surface area contributed by atoms with Crippen LogP contribution in [0.1, 0.15) is 10.4 Å². The van der Waals surface area contributed by atoms with E-state index < -0.39 is 0 Å². The number of hydrogen-bond acceptors (Lipinski definition) is 3. The lowest BCUT2D eigenvalue weighted by atomic mass is 10.2. The number of hydrogen-bond donors (Lipinski definition) is 1. The van der Waals surface area contributed by atoms with E-state index >= 15 is 0 Å². The van der Waals surface area contributed by atoms with Gasteiger partial charge in [-0.3, -0.25) is 4.79 Å². The molecule has 0 amide bonds. The minimum absolute atomic E-state index is 0.256. The van der Waals surface area contributed by atoms with Gasteiger partial charge in [-0.15, -0.1) is 0 Å². The van der Waals surface area contributed by atoms with Gasteiger partial charge in [0.1, 0.15) is 6.29 Å². The summed E-state index contributed by atoms with van der Waals surface area (Å²) < 4.78 is 0. The molecule has 78 valence electrons. The largest absolute Gasteiger partial charge is 0.360 e. The number of carbonyl (C=O) groups excluding carboxylic acids is 1. The van der Waals surface area contributed by atoms with Crippen LogP contribution in [0.25, 0.3) is 0 Å². The maximum absolute atomic E-state index is 10.7. The first-order chi connectivity index (χ1) is 7.35. The lowest BCUT2D eigenvalue weighted by Gasteiger charge is -2.25. The SMILES string of the molecule is NCC1C=CCN1c1cccc(C=O)c1. The predicted molar refractivity (Wildman–Crippen MR) is 61.2 cm³/mol. The van der Waals surface area contributed by atoms with Crippen LogP contribution in [0.2, 0.25) is 0 Å². The molecule has 2 rings (SSSR count). The van der Waals surface area contributed by atoms with Crippen LogP contribution in [0.5, 0.6) is 0 Å². The molecule has 1 aromatic carbocycles. The van der Waals surface area contributed by atoms with Crippen molar-refractivity contribution in [1.29, 1.82) is 0 Å². The van der Waals surface area contributed by atoms with Crippen molar-refractivity contribution in [3.63, 3.8) is 0 Å². The molecule has 0 bridgehead atoms. The van der Waals surface area contributed by atoms with Crippen molar-refractivity contribution < 1.29 is 4.79 Å². The molecule has 0 radical (unpaired) electrons. The fourth-order valence-electron chi connectivity index (χ4n) is 1.85. The molecule has 1 aromatic rings. The Morgan fingerprint density at radius 3 is 3.13 bits per heavy atom. The highest BCUT2D eigenvalue weighted by molar-refractivity contribution is 5.77. The van der Waals surface area contributed by atoms with E-state index in [2.05, 4.69) is 17.1 Å². The van der Waals surface area contributed by atoms with E-state index in [0.29, 0.717) is 12.1 Å². The quantitative estimate of drug-likeness (QED) is 0.592. The van der Waals surface area contributed by atoms with Gasteiger partial charge in [-0.05, 0) is 12.1 Å². The second-order valence-electron chi connectivity index (χ2n) is 3.60. The topological polar surface area (TPSA) is 46.3 Å². The first kappa shape index (κ1) is 9.93. The van der Waals surface area contributed by atoms with Crippen molar-refractivity contribution in [3.05, 3.63) is 42.0 Å². The van der Waals surface area contributed by atoms with Crippen molar-refractivity contribution in [2.45, 2.75) is 6.04 Å². The van der Waals surface area contributed by atoms with E-state index in [0.717, 1.165) is 18.5 Å². The van der Waals surface area contributed by atoms with Gasteiger partial charge >= 0.3 is 0 Å². The third kappa shape index (κ3) is 1.92. The summed E-state index contributed by atoms with van der Waals surface area (Å²) in [5.74, 6) is 0. The molecule has 0 saturated heterocycles. The van der Waals surface area contributed by atoms with Crippen LogP contribution >= 0.6 is 0 Å². The van der Waals surface area contributed by atoms with E-state index in [9.17, 15) is 4.79 Å². The molecule has 15 heavy (non-hydrogen) atoms. The highest BCUT2D eigenvalue weighted by Crippen LogP contribution is 2.21. The van der Waals surface area contributed by atoms with E-state index in [1.165, 1.54) is 0 Å². The predicted octanol–water partition coefficient (Wildman–Crippen LogP) is 1.20. The number of aldehydes is 1. The fourth-order valence-corrected chi connectivity index (χ4v) is 1.85. The van der Waals surface area contributed by atoms with Crippen LogP contribution in [0.15, 0.2) is 36.4 Å². The molecule has 0 fully saturated rings. The van der Waals surface area contributed by atoms with Gasteiger partial charge in [0.15, 0.2) is 0 Å². The third-order valence-electron chi connectivity index (χ3n) is 2.64. The zero-order valence-corrected chi connectivity index (χ0v) is 8.47. The molecule has 1 unspecified atom stereocenters. The van der Waals surface area contributed by atoms with Gasteiger partial charge in [-0.2, -0.15) is 0 Å². The van der Waals surface area contributed by atoms with Gasteiger partial charge in [0.05, 0.1) is 6.04 Å². The molecule has 3 heteroatoms. The molecule has 1 atom stereocenters. The second-order valence-corrected chi connectivity index (χ2v) is 3.60. The first-order valence-corrected chi connectivity index (χ1v) is 5.04. The zero-order chi connectivity index (χ0) is 10.7. The normalized spacial score (nSPS) is 19.5. The summed E-state index contributed by atoms with van der Waals surface area (Å²) in [6, 6.07) is 7.85. The van der Waals surface area contributed by atoms with Crippen LogP contribution in [-0.2, 0) is 0 Å². The van der Waals surface area contributed by atoms with E-state index in [1.807, 2.05) is 18.2 Å². The molecule has 0 aromatic heterocycles. The Morgan fingerprint density at radius 1 is 1.53 bits per heavy atom. The van der Waals surface area contributed by atoms with E-state index in [1.54, 1.807) is 6.07 Å². The monoisotopic (exact) mass is 202 g/mol. The van der Waals surface area contributed by atoms with Gasteiger partial charge in [0.25, 0.3) is 0 Å². The fraction of sp³-hybridized carbons (Fsp3) is 0.250. The van der Waals surface area contributed by atoms with E-state index in [4.69, 9.17) is 5.73 Å². The van der Waals surface area contributed by atoms with Crippen LogP contribution in [0, 0.1) is 0 Å². The number of nitrogens with zero attached hydrogens (tertiary/aromatic N) is 1. The Bertz CT molecular complexity index is 387. The van der Waals surface area contributed by atoms with Gasteiger partial charge in [0, 0.05) is 24.3 Å². The molecule has 0 aliphatic carbocycles. The number of anilines is 1. The number of carbonyl (C=O) groups is 1. The van der Waals surface area contributed by atoms with Crippen molar-refractivity contribution in [1.82, 2.24) is 0 Å². The average molecular weight is 202 g/mol. The average Bonchev–Trinajstić information content (AvgIpc) is 2.77. The Hall–Kier alpha value is -1.61. The van der Waals surface area contributed by atoms with Crippen LogP contribution < -0.4 is 10.6 Å². The maximum atomic E-state index is 10.7. The molecule has 3 nitrogen and oxygen atoms in total. The molecule has 1 aliphatic heterocycles. The summed E-state index contributed by atoms with van der Waals surface area (Å²) in [5.41, 5.74) is 7.43. The van der Waals surface area contributed by atoms with Crippen molar-refractivity contribution >= 4 is 12.0 Å². The first-order valence-electron chi connectivity index (χ1n) is 5.04. The molecule has 1 heterocycles. The standard InChI is InChI=1S/C12H14N2O/c13-8-12-5-2-6-14(12)11-4-1-3-10(7-11)9-15/h1-5,7,9,12H,6,8,13H2. The van der Waals surface area contributed by atoms with E-state index in [-0.39, 0.29) is 6.04 Å². The van der Waals surface area contributed by atoms with Crippen LogP contribution in [0.3, 0.4) is 0 Å². The molecule has 2 N–H and O–H groups in total. The molecule has 1 aliphatic rings. The summed E-state index contributed by atoms with van der Waals surface area (Å²) >= 11 is 0. The van der Waals surface area contributed by atoms with Crippen LogP contribution in [-0.4, -0.2) is 25.4 Å². The molecular formula is C12H14N2O. The molecule has 0 spiro atoms. The highest BCUT2D eigenvalue weighted by atomic mass is 16.1. The third-order valence-corrected chi connectivity index (χ3v) is 2.64. The van der Waals surface area contributed by atoms with Gasteiger partial charge in [-0.1, -0.05) is 24.3 Å². The Morgan fingerprint density at radius 2 is 2.40 bits per heavy atom. The van der Waals surface area contributed by atoms with Gasteiger partial charge in [0.2, 0.25) is 0 Å². The Balaban J connectivity index is 2.25. The zero-order valence-electron chi connectivity index (χ0n) is 8.47. The minimum atomic E-state index is 0.256. The smallest absolute Gasteiger partial charge is 0.150 e. The molecule has 0 saturated carbocycles. The van der Waals surface area contributed by atoms with Crippen LogP contribution in [0.4, 0.5) is 5.69 Å². The van der Waals surface area contributed by atoms with Gasteiger partial charge < -0.3 is 10.6 Å². The number of rotatable bonds is 3. The number of nitrogens with two attached hydrogens (primary N) is 1. The lowest BCUT2D eigenvalue weighted by molar-refractivity contribution is 0.112. The maximum Gasteiger partial charge on any atom is 0.150 e. The Kier molecular flexibility index (Phi) is 2.83. The summed E-state index contributed by atoms with van der Waals surface area (Å²) in [5, 5.41) is 0. The minimum Gasteiger partial charge on any atom is -0.360 e. The van der Waals surface area contributed by atoms with Crippen molar-refractivity contribution in [2.24, 2.45) is 5.73 Å². The summed E-state index contributed by atoms with van der Waals surface area (Å²) in [6.45, 7) is 1.46. The summed E-state index contributed by atoms with van der Waals surface area (Å²) in [4.78, 5) is 12.9. The van der Waals surface area contributed by atoms with Crippen molar-refractivity contribution in [2.75, 3.05) is 18.0 Å².